The van der Waals surface area contributed by atoms with Gasteiger partial charge in [-0.15, -0.1) is 0 Å². The molecular weight excluding hydrogens is 342 g/mol. The van der Waals surface area contributed by atoms with Gasteiger partial charge in [0, 0.05) is 31.5 Å². The van der Waals surface area contributed by atoms with E-state index in [1.807, 2.05) is 44.1 Å². The number of nitrogens with zero attached hydrogens (tertiary/aromatic N) is 5. The smallest absolute Gasteiger partial charge is 0.273 e. The Labute approximate surface area is 158 Å². The fourth-order valence-corrected chi connectivity index (χ4v) is 3.69. The van der Waals surface area contributed by atoms with Crippen molar-refractivity contribution in [1.29, 1.82) is 0 Å². The molecule has 3 aromatic rings. The molecule has 1 amide bonds. The fourth-order valence-electron chi connectivity index (χ4n) is 3.69. The molecule has 1 aliphatic rings. The van der Waals surface area contributed by atoms with Crippen LogP contribution < -0.4 is 0 Å². The summed E-state index contributed by atoms with van der Waals surface area (Å²) in [7, 11) is 1.89. The summed E-state index contributed by atoms with van der Waals surface area (Å²) in [5, 5.41) is 8.79. The van der Waals surface area contributed by atoms with Gasteiger partial charge >= 0.3 is 0 Å². The molecule has 0 spiro atoms. The lowest BCUT2D eigenvalue weighted by Crippen LogP contribution is -2.39. The van der Waals surface area contributed by atoms with E-state index >= 15 is 0 Å². The maximum atomic E-state index is 13.1. The standard InChI is InChI=1S/C20H23N5O2/c1-13-14(2)23-27-19(13)15-12-24(3)22-18(15)17-9-5-7-11-25(17)20(26)16-8-4-6-10-21-16/h4,6,8,10,12,17H,5,7,9,11H2,1-3H3/t17-/m0/s1. The summed E-state index contributed by atoms with van der Waals surface area (Å²) >= 11 is 0. The third-order valence-electron chi connectivity index (χ3n) is 5.22. The lowest BCUT2D eigenvalue weighted by molar-refractivity contribution is 0.0599. The van der Waals surface area contributed by atoms with E-state index in [0.717, 1.165) is 47.5 Å². The van der Waals surface area contributed by atoms with Crippen LogP contribution in [0.15, 0.2) is 35.1 Å². The van der Waals surface area contributed by atoms with Gasteiger partial charge < -0.3 is 9.42 Å². The molecule has 0 aromatic carbocycles. The van der Waals surface area contributed by atoms with Gasteiger partial charge in [-0.2, -0.15) is 5.10 Å². The molecule has 0 saturated carbocycles. The van der Waals surface area contributed by atoms with Crippen LogP contribution in [-0.2, 0) is 7.05 Å². The quantitative estimate of drug-likeness (QED) is 0.710. The summed E-state index contributed by atoms with van der Waals surface area (Å²) in [6, 6.07) is 5.31. The highest BCUT2D eigenvalue weighted by atomic mass is 16.5. The van der Waals surface area contributed by atoms with Gasteiger partial charge in [0.2, 0.25) is 0 Å². The van der Waals surface area contributed by atoms with Gasteiger partial charge in [0.25, 0.3) is 5.91 Å². The Hall–Kier alpha value is -2.96. The number of carbonyl (C=O) groups is 1. The van der Waals surface area contributed by atoms with Crippen molar-refractivity contribution in [3.63, 3.8) is 0 Å². The first-order valence-electron chi connectivity index (χ1n) is 9.25. The van der Waals surface area contributed by atoms with Crippen LogP contribution in [0.3, 0.4) is 0 Å². The maximum Gasteiger partial charge on any atom is 0.273 e. The van der Waals surface area contributed by atoms with Crippen molar-refractivity contribution < 1.29 is 9.32 Å². The van der Waals surface area contributed by atoms with Crippen LogP contribution in [0.1, 0.15) is 52.7 Å². The van der Waals surface area contributed by atoms with Crippen LogP contribution in [-0.4, -0.2) is 37.3 Å². The predicted molar refractivity (Wildman–Crippen MR) is 100 cm³/mol. The number of hydrogen-bond acceptors (Lipinski definition) is 5. The molecule has 0 radical (unpaired) electrons. The number of likely N-dealkylation sites (tertiary alicyclic amines) is 1. The Kier molecular flexibility index (Phi) is 4.51. The first kappa shape index (κ1) is 17.5. The van der Waals surface area contributed by atoms with E-state index in [-0.39, 0.29) is 11.9 Å². The van der Waals surface area contributed by atoms with Gasteiger partial charge in [-0.05, 0) is 45.2 Å². The van der Waals surface area contributed by atoms with Gasteiger partial charge in [0.15, 0.2) is 5.76 Å². The number of amides is 1. The highest BCUT2D eigenvalue weighted by Crippen LogP contribution is 2.38. The second kappa shape index (κ2) is 6.98. The topological polar surface area (TPSA) is 77.0 Å². The van der Waals surface area contributed by atoms with Gasteiger partial charge in [-0.3, -0.25) is 14.5 Å². The Morgan fingerprint density at radius 3 is 2.81 bits per heavy atom. The summed E-state index contributed by atoms with van der Waals surface area (Å²) in [5.41, 5.74) is 4.10. The molecule has 4 heterocycles. The Morgan fingerprint density at radius 1 is 1.26 bits per heavy atom. The third kappa shape index (κ3) is 3.13. The molecule has 27 heavy (non-hydrogen) atoms. The summed E-state index contributed by atoms with van der Waals surface area (Å²) in [5.74, 6) is 0.675. The summed E-state index contributed by atoms with van der Waals surface area (Å²) in [4.78, 5) is 19.2. The zero-order valence-corrected chi connectivity index (χ0v) is 15.8. The fraction of sp³-hybridized carbons (Fsp3) is 0.400. The minimum absolute atomic E-state index is 0.0534. The zero-order valence-electron chi connectivity index (χ0n) is 15.8. The predicted octanol–water partition coefficient (Wildman–Crippen LogP) is 3.45. The molecule has 3 aromatic heterocycles. The average molecular weight is 365 g/mol. The van der Waals surface area contributed by atoms with Crippen molar-refractivity contribution in [2.45, 2.75) is 39.2 Å². The van der Waals surface area contributed by atoms with E-state index < -0.39 is 0 Å². The third-order valence-corrected chi connectivity index (χ3v) is 5.22. The second-order valence-corrected chi connectivity index (χ2v) is 7.05. The first-order chi connectivity index (χ1) is 13.1. The molecule has 140 valence electrons. The normalized spacial score (nSPS) is 17.3. The number of carbonyl (C=O) groups excluding carboxylic acids is 1. The first-order valence-corrected chi connectivity index (χ1v) is 9.25. The van der Waals surface area contributed by atoms with Crippen molar-refractivity contribution in [3.8, 4) is 11.3 Å². The van der Waals surface area contributed by atoms with E-state index in [2.05, 4.69) is 10.1 Å². The molecule has 7 nitrogen and oxygen atoms in total. The van der Waals surface area contributed by atoms with E-state index in [1.165, 1.54) is 0 Å². The molecule has 4 rings (SSSR count). The maximum absolute atomic E-state index is 13.1. The van der Waals surface area contributed by atoms with Crippen LogP contribution in [0.2, 0.25) is 0 Å². The number of rotatable bonds is 3. The molecule has 1 fully saturated rings. The molecule has 1 aliphatic heterocycles. The van der Waals surface area contributed by atoms with Crippen LogP contribution in [0.25, 0.3) is 11.3 Å². The number of aromatic nitrogens is 4. The Bertz CT molecular complexity index is 960. The minimum atomic E-state index is -0.103. The molecule has 7 heteroatoms. The van der Waals surface area contributed by atoms with E-state index in [4.69, 9.17) is 9.62 Å². The monoisotopic (exact) mass is 365 g/mol. The van der Waals surface area contributed by atoms with E-state index in [0.29, 0.717) is 12.2 Å². The van der Waals surface area contributed by atoms with Gasteiger partial charge in [0.05, 0.1) is 23.0 Å². The van der Waals surface area contributed by atoms with Crippen LogP contribution in [0.4, 0.5) is 0 Å². The highest BCUT2D eigenvalue weighted by Gasteiger charge is 2.34. The Morgan fingerprint density at radius 2 is 2.11 bits per heavy atom. The lowest BCUT2D eigenvalue weighted by atomic mass is 9.95. The van der Waals surface area contributed by atoms with Crippen molar-refractivity contribution in [1.82, 2.24) is 24.8 Å². The van der Waals surface area contributed by atoms with E-state index in [1.54, 1.807) is 16.9 Å². The average Bonchev–Trinajstić information content (AvgIpc) is 3.24. The molecule has 0 aliphatic carbocycles. The second-order valence-electron chi connectivity index (χ2n) is 7.05. The van der Waals surface area contributed by atoms with Crippen LogP contribution in [0, 0.1) is 13.8 Å². The molecule has 0 bridgehead atoms. The SMILES string of the molecule is Cc1noc(-c2cn(C)nc2[C@@H]2CCCCN2C(=O)c2ccccn2)c1C. The summed E-state index contributed by atoms with van der Waals surface area (Å²) in [6.07, 6.45) is 6.51. The Balaban J connectivity index is 1.75. The molecule has 0 N–H and O–H groups in total. The van der Waals surface area contributed by atoms with Crippen LogP contribution in [0.5, 0.6) is 0 Å². The zero-order chi connectivity index (χ0) is 19.0. The van der Waals surface area contributed by atoms with Gasteiger partial charge in [-0.1, -0.05) is 11.2 Å². The largest absolute Gasteiger partial charge is 0.356 e. The van der Waals surface area contributed by atoms with Crippen molar-refractivity contribution in [2.75, 3.05) is 6.54 Å². The number of pyridine rings is 1. The molecule has 0 unspecified atom stereocenters. The van der Waals surface area contributed by atoms with Crippen molar-refractivity contribution >= 4 is 5.91 Å². The number of piperidine rings is 1. The summed E-state index contributed by atoms with van der Waals surface area (Å²) in [6.45, 7) is 4.62. The van der Waals surface area contributed by atoms with Gasteiger partial charge in [0.1, 0.15) is 5.69 Å². The lowest BCUT2D eigenvalue weighted by Gasteiger charge is -2.35. The van der Waals surface area contributed by atoms with E-state index in [9.17, 15) is 4.79 Å². The summed E-state index contributed by atoms with van der Waals surface area (Å²) < 4.78 is 7.36. The van der Waals surface area contributed by atoms with Crippen LogP contribution >= 0.6 is 0 Å². The number of aryl methyl sites for hydroxylation is 2. The highest BCUT2D eigenvalue weighted by molar-refractivity contribution is 5.92. The van der Waals surface area contributed by atoms with Gasteiger partial charge in [-0.25, -0.2) is 0 Å². The van der Waals surface area contributed by atoms with Crippen molar-refractivity contribution in [3.05, 3.63) is 53.2 Å². The number of hydrogen-bond donors (Lipinski definition) is 0. The van der Waals surface area contributed by atoms with Crippen molar-refractivity contribution in [2.24, 2.45) is 7.05 Å². The minimum Gasteiger partial charge on any atom is -0.356 e. The molecule has 1 saturated heterocycles. The molecular formula is C20H23N5O2. The molecule has 1 atom stereocenters.